The molecule has 1 atom stereocenters. The second kappa shape index (κ2) is 10.3. The molecule has 0 bridgehead atoms. The van der Waals surface area contributed by atoms with E-state index in [0.29, 0.717) is 59.7 Å². The van der Waals surface area contributed by atoms with Crippen LogP contribution >= 0.6 is 22.9 Å². The van der Waals surface area contributed by atoms with Crippen LogP contribution in [0.3, 0.4) is 0 Å². The number of amides is 2. The summed E-state index contributed by atoms with van der Waals surface area (Å²) in [6.07, 6.45) is -2.07. The second-order valence-corrected chi connectivity index (χ2v) is 10.6. The Balaban J connectivity index is 1.24. The number of nitrogens with zero attached hydrogens (tertiary/aromatic N) is 3. The zero-order valence-electron chi connectivity index (χ0n) is 19.7. The first kappa shape index (κ1) is 25.5. The number of anilines is 2. The largest absolute Gasteiger partial charge is 0.416 e. The summed E-state index contributed by atoms with van der Waals surface area (Å²) < 4.78 is 39.3. The zero-order chi connectivity index (χ0) is 26.2. The smallest absolute Gasteiger partial charge is 0.368 e. The van der Waals surface area contributed by atoms with E-state index in [4.69, 9.17) is 11.6 Å². The van der Waals surface area contributed by atoms with Gasteiger partial charge in [0.15, 0.2) is 5.13 Å². The highest BCUT2D eigenvalue weighted by Crippen LogP contribution is 2.38. The van der Waals surface area contributed by atoms with Crippen LogP contribution in [0.25, 0.3) is 0 Å². The van der Waals surface area contributed by atoms with Crippen molar-refractivity contribution in [2.45, 2.75) is 31.4 Å². The molecule has 0 saturated carbocycles. The molecule has 37 heavy (non-hydrogen) atoms. The molecule has 194 valence electrons. The van der Waals surface area contributed by atoms with Crippen LogP contribution < -0.4 is 10.2 Å². The highest BCUT2D eigenvalue weighted by atomic mass is 35.5. The maximum absolute atomic E-state index is 13.5. The minimum absolute atomic E-state index is 0.0227. The van der Waals surface area contributed by atoms with E-state index in [0.717, 1.165) is 29.9 Å². The van der Waals surface area contributed by atoms with Crippen LogP contribution in [0, 0.1) is 0 Å². The fourth-order valence-corrected chi connectivity index (χ4v) is 5.95. The molecule has 1 N–H and O–H groups in total. The van der Waals surface area contributed by atoms with Gasteiger partial charge in [-0.15, -0.1) is 11.3 Å². The Labute approximate surface area is 221 Å². The van der Waals surface area contributed by atoms with Gasteiger partial charge < -0.3 is 9.80 Å². The average Bonchev–Trinajstić information content (AvgIpc) is 3.31. The van der Waals surface area contributed by atoms with Crippen molar-refractivity contribution in [3.63, 3.8) is 0 Å². The molecule has 1 aliphatic heterocycles. The third kappa shape index (κ3) is 5.60. The third-order valence-electron chi connectivity index (χ3n) is 6.71. The molecule has 1 saturated heterocycles. The van der Waals surface area contributed by atoms with Crippen molar-refractivity contribution in [1.82, 2.24) is 9.88 Å². The van der Waals surface area contributed by atoms with Gasteiger partial charge in [-0.25, -0.2) is 4.98 Å². The van der Waals surface area contributed by atoms with Gasteiger partial charge in [0.2, 0.25) is 5.91 Å². The number of nitrogens with one attached hydrogen (secondary N) is 1. The highest BCUT2D eigenvalue weighted by molar-refractivity contribution is 7.16. The Kier molecular flexibility index (Phi) is 7.13. The Morgan fingerprint density at radius 3 is 2.49 bits per heavy atom. The van der Waals surface area contributed by atoms with E-state index in [9.17, 15) is 22.8 Å². The van der Waals surface area contributed by atoms with Crippen molar-refractivity contribution >= 4 is 45.6 Å². The van der Waals surface area contributed by atoms with Crippen LogP contribution in [0.1, 0.15) is 45.3 Å². The number of thiazole rings is 1. The van der Waals surface area contributed by atoms with E-state index >= 15 is 0 Å². The summed E-state index contributed by atoms with van der Waals surface area (Å²) >= 11 is 7.29. The maximum Gasteiger partial charge on any atom is 0.416 e. The summed E-state index contributed by atoms with van der Waals surface area (Å²) in [5, 5.41) is 3.82. The lowest BCUT2D eigenvalue weighted by Gasteiger charge is -2.38. The van der Waals surface area contributed by atoms with Crippen LogP contribution in [0.5, 0.6) is 0 Å². The van der Waals surface area contributed by atoms with Gasteiger partial charge in [0.05, 0.1) is 17.2 Å². The molecule has 2 aliphatic rings. The van der Waals surface area contributed by atoms with Gasteiger partial charge in [-0.1, -0.05) is 17.7 Å². The quantitative estimate of drug-likeness (QED) is 0.445. The number of benzene rings is 2. The summed E-state index contributed by atoms with van der Waals surface area (Å²) in [5.41, 5.74) is 1.000. The van der Waals surface area contributed by atoms with E-state index < -0.39 is 11.7 Å². The maximum atomic E-state index is 13.5. The molecule has 0 radical (unpaired) electrons. The van der Waals surface area contributed by atoms with Crippen LogP contribution in [0.15, 0.2) is 48.5 Å². The molecule has 11 heteroatoms. The minimum Gasteiger partial charge on any atom is -0.368 e. The predicted molar refractivity (Wildman–Crippen MR) is 137 cm³/mol. The molecule has 1 fully saturated rings. The lowest BCUT2D eigenvalue weighted by molar-refractivity contribution is -0.137. The van der Waals surface area contributed by atoms with E-state index in [1.54, 1.807) is 35.2 Å². The van der Waals surface area contributed by atoms with E-state index in [2.05, 4.69) is 10.3 Å². The zero-order valence-corrected chi connectivity index (χ0v) is 21.3. The molecule has 5 rings (SSSR count). The number of carbonyl (C=O) groups is 2. The van der Waals surface area contributed by atoms with E-state index in [1.807, 2.05) is 4.90 Å². The molecule has 3 aromatic rings. The predicted octanol–water partition coefficient (Wildman–Crippen LogP) is 5.84. The number of aryl methyl sites for hydroxylation is 1. The normalized spacial score (nSPS) is 17.9. The summed E-state index contributed by atoms with van der Waals surface area (Å²) in [6, 6.07) is 11.8. The number of carbonyl (C=O) groups excluding carboxylic acids is 2. The SMILES string of the molecule is O=C(Nc1nc2c(s1)CCCC2C(=O)N1CCN(c2cccc(C(F)(F)F)c2)CC1)c1ccc(Cl)cc1. The molecule has 1 unspecified atom stereocenters. The molecule has 2 amide bonds. The van der Waals surface area contributed by atoms with Gasteiger partial charge >= 0.3 is 6.18 Å². The van der Waals surface area contributed by atoms with E-state index in [-0.39, 0.29) is 17.7 Å². The van der Waals surface area contributed by atoms with Crippen LogP contribution in [-0.2, 0) is 17.4 Å². The number of rotatable bonds is 4. The Bertz CT molecular complexity index is 1300. The van der Waals surface area contributed by atoms with Gasteiger partial charge in [0.25, 0.3) is 5.91 Å². The number of piperazine rings is 1. The Morgan fingerprint density at radius 2 is 1.78 bits per heavy atom. The van der Waals surface area contributed by atoms with Gasteiger partial charge in [0.1, 0.15) is 0 Å². The third-order valence-corrected chi connectivity index (χ3v) is 8.01. The molecule has 6 nitrogen and oxygen atoms in total. The molecule has 2 aromatic carbocycles. The molecule has 0 spiro atoms. The molecular weight excluding hydrogens is 525 g/mol. The topological polar surface area (TPSA) is 65.5 Å². The highest BCUT2D eigenvalue weighted by Gasteiger charge is 2.35. The minimum atomic E-state index is -4.40. The van der Waals surface area contributed by atoms with Crippen molar-refractivity contribution in [2.75, 3.05) is 36.4 Å². The van der Waals surface area contributed by atoms with Crippen LogP contribution in [0.4, 0.5) is 24.0 Å². The van der Waals surface area contributed by atoms with Crippen molar-refractivity contribution < 1.29 is 22.8 Å². The van der Waals surface area contributed by atoms with Gasteiger partial charge in [-0.05, 0) is 61.7 Å². The fraction of sp³-hybridized carbons (Fsp3) is 0.346. The summed E-state index contributed by atoms with van der Waals surface area (Å²) in [5.74, 6) is -0.705. The molecule has 1 aromatic heterocycles. The Morgan fingerprint density at radius 1 is 1.05 bits per heavy atom. The summed E-state index contributed by atoms with van der Waals surface area (Å²) in [7, 11) is 0. The van der Waals surface area contributed by atoms with Crippen molar-refractivity contribution in [2.24, 2.45) is 0 Å². The first-order valence-corrected chi connectivity index (χ1v) is 13.2. The van der Waals surface area contributed by atoms with Crippen molar-refractivity contribution in [3.05, 3.63) is 75.3 Å². The number of alkyl halides is 3. The molecule has 1 aliphatic carbocycles. The number of hydrogen-bond acceptors (Lipinski definition) is 5. The van der Waals surface area contributed by atoms with Crippen molar-refractivity contribution in [1.29, 1.82) is 0 Å². The number of halogens is 4. The van der Waals surface area contributed by atoms with Gasteiger partial charge in [-0.2, -0.15) is 13.2 Å². The first-order chi connectivity index (χ1) is 17.7. The fourth-order valence-electron chi connectivity index (χ4n) is 4.77. The van der Waals surface area contributed by atoms with Crippen molar-refractivity contribution in [3.8, 4) is 0 Å². The van der Waals surface area contributed by atoms with Gasteiger partial charge in [0, 0.05) is 47.3 Å². The van der Waals surface area contributed by atoms with Gasteiger partial charge in [-0.3, -0.25) is 14.9 Å². The van der Waals surface area contributed by atoms with Crippen LogP contribution in [-0.4, -0.2) is 47.9 Å². The molecular formula is C26H24ClF3N4O2S. The lowest BCUT2D eigenvalue weighted by Crippen LogP contribution is -2.50. The molecule has 2 heterocycles. The lowest BCUT2D eigenvalue weighted by atomic mass is 9.89. The number of aromatic nitrogens is 1. The summed E-state index contributed by atoms with van der Waals surface area (Å²) in [6.45, 7) is 1.74. The van der Waals surface area contributed by atoms with E-state index in [1.165, 1.54) is 17.4 Å². The number of hydrogen-bond donors (Lipinski definition) is 1. The standard InChI is InChI=1S/C26H24ClF3N4O2S/c27-18-9-7-16(8-10-18)23(35)32-25-31-22-20(5-2-6-21(22)37-25)24(36)34-13-11-33(12-14-34)19-4-1-3-17(15-19)26(28,29)30/h1,3-4,7-10,15,20H,2,5-6,11-14H2,(H,31,32,35). The summed E-state index contributed by atoms with van der Waals surface area (Å²) in [4.78, 5) is 35.3. The Hall–Kier alpha value is -3.11. The van der Waals surface area contributed by atoms with Crippen LogP contribution in [0.2, 0.25) is 5.02 Å². The average molecular weight is 549 g/mol. The number of fused-ring (bicyclic) bond motifs is 1. The monoisotopic (exact) mass is 548 g/mol. The first-order valence-electron chi connectivity index (χ1n) is 12.0. The second-order valence-electron chi connectivity index (χ2n) is 9.09.